The summed E-state index contributed by atoms with van der Waals surface area (Å²) in [6.07, 6.45) is 1.52. The highest BCUT2D eigenvalue weighted by Crippen LogP contribution is 2.29. The van der Waals surface area contributed by atoms with Crippen molar-refractivity contribution in [2.24, 2.45) is 0 Å². The number of halogens is 1. The first kappa shape index (κ1) is 19.9. The Morgan fingerprint density at radius 3 is 2.54 bits per heavy atom. The monoisotopic (exact) mass is 382 g/mol. The summed E-state index contributed by atoms with van der Waals surface area (Å²) in [6, 6.07) is 11.6. The highest BCUT2D eigenvalue weighted by molar-refractivity contribution is 5.90. The van der Waals surface area contributed by atoms with E-state index >= 15 is 0 Å². The molecule has 4 rings (SSSR count). The Kier molecular flexibility index (Phi) is 6.36. The Morgan fingerprint density at radius 2 is 1.86 bits per heavy atom. The van der Waals surface area contributed by atoms with E-state index in [2.05, 4.69) is 45.2 Å². The molecule has 28 heavy (non-hydrogen) atoms. The molecule has 0 amide bonds. The lowest BCUT2D eigenvalue weighted by atomic mass is 10.1. The number of likely N-dealkylation sites (N-methyl/N-ethyl adjacent to an activating group) is 1. The minimum absolute atomic E-state index is 0.480. The van der Waals surface area contributed by atoms with Gasteiger partial charge in [-0.3, -0.25) is 0 Å². The summed E-state index contributed by atoms with van der Waals surface area (Å²) in [5.74, 6) is 1.04. The number of hydrogen-bond donors (Lipinski definition) is 1. The van der Waals surface area contributed by atoms with Crippen molar-refractivity contribution in [3.63, 3.8) is 0 Å². The molecular weight excluding hydrogens is 355 g/mol. The van der Waals surface area contributed by atoms with Crippen molar-refractivity contribution < 1.29 is 4.39 Å². The van der Waals surface area contributed by atoms with Gasteiger partial charge >= 0.3 is 0 Å². The van der Waals surface area contributed by atoms with Gasteiger partial charge in [-0.2, -0.15) is 9.37 Å². The average Bonchev–Trinajstić information content (AvgIpc) is 2.67. The second-order valence-electron chi connectivity index (χ2n) is 6.75. The molecule has 6 nitrogen and oxygen atoms in total. The standard InChI is InChI=1S/C19H21FN6.C2H6/c1-25(2)14-11-26(12-14)18-15-5-3-4-6-16(15)23-19(24-18)22-10-13-7-8-17(20)21-9-13;1-2/h3-9,14H,10-12H2,1-2H3,(H,22,23,24);1-2H3. The van der Waals surface area contributed by atoms with Crippen LogP contribution < -0.4 is 10.2 Å². The van der Waals surface area contributed by atoms with Gasteiger partial charge < -0.3 is 15.1 Å². The maximum atomic E-state index is 12.9. The molecule has 1 aromatic carbocycles. The van der Waals surface area contributed by atoms with Crippen LogP contribution in [0.25, 0.3) is 10.9 Å². The van der Waals surface area contributed by atoms with Gasteiger partial charge in [0.05, 0.1) is 5.52 Å². The van der Waals surface area contributed by atoms with Gasteiger partial charge in [-0.25, -0.2) is 9.97 Å². The quantitative estimate of drug-likeness (QED) is 0.681. The highest BCUT2D eigenvalue weighted by atomic mass is 19.1. The maximum Gasteiger partial charge on any atom is 0.225 e. The van der Waals surface area contributed by atoms with Crippen molar-refractivity contribution in [3.05, 3.63) is 54.1 Å². The van der Waals surface area contributed by atoms with Crippen LogP contribution in [0.1, 0.15) is 19.4 Å². The predicted molar refractivity (Wildman–Crippen MR) is 112 cm³/mol. The summed E-state index contributed by atoms with van der Waals surface area (Å²) in [4.78, 5) is 17.5. The predicted octanol–water partition coefficient (Wildman–Crippen LogP) is 3.55. The summed E-state index contributed by atoms with van der Waals surface area (Å²) < 4.78 is 12.9. The van der Waals surface area contributed by atoms with Gasteiger partial charge in [0.25, 0.3) is 0 Å². The Bertz CT molecular complexity index is 906. The average molecular weight is 382 g/mol. The summed E-state index contributed by atoms with van der Waals surface area (Å²) in [7, 11) is 4.20. The third kappa shape index (κ3) is 4.36. The number of fused-ring (bicyclic) bond motifs is 1. The second-order valence-corrected chi connectivity index (χ2v) is 6.75. The largest absolute Gasteiger partial charge is 0.353 e. The molecule has 0 radical (unpaired) electrons. The lowest BCUT2D eigenvalue weighted by Gasteiger charge is -2.43. The van der Waals surface area contributed by atoms with Crippen LogP contribution in [0.3, 0.4) is 0 Å². The second kappa shape index (κ2) is 8.93. The number of anilines is 2. The highest BCUT2D eigenvalue weighted by Gasteiger charge is 2.30. The topological polar surface area (TPSA) is 57.2 Å². The minimum Gasteiger partial charge on any atom is -0.353 e. The van der Waals surface area contributed by atoms with Gasteiger partial charge in [-0.15, -0.1) is 0 Å². The van der Waals surface area contributed by atoms with Crippen LogP contribution in [0, 0.1) is 5.95 Å². The van der Waals surface area contributed by atoms with Crippen LogP contribution >= 0.6 is 0 Å². The molecule has 0 saturated carbocycles. The van der Waals surface area contributed by atoms with Crippen molar-refractivity contribution in [2.75, 3.05) is 37.4 Å². The number of rotatable bonds is 5. The Morgan fingerprint density at radius 1 is 1.11 bits per heavy atom. The fraction of sp³-hybridized carbons (Fsp3) is 0.381. The van der Waals surface area contributed by atoms with E-state index in [1.165, 1.54) is 12.3 Å². The molecule has 0 unspecified atom stereocenters. The fourth-order valence-corrected chi connectivity index (χ4v) is 3.03. The summed E-state index contributed by atoms with van der Waals surface area (Å²) in [6.45, 7) is 6.40. The lowest BCUT2D eigenvalue weighted by molar-refractivity contribution is 0.246. The number of aromatic nitrogens is 3. The van der Waals surface area contributed by atoms with Crippen LogP contribution in [-0.2, 0) is 6.54 Å². The Hall–Kier alpha value is -2.80. The van der Waals surface area contributed by atoms with Crippen LogP contribution in [0.5, 0.6) is 0 Å². The van der Waals surface area contributed by atoms with Gasteiger partial charge in [-0.05, 0) is 37.9 Å². The van der Waals surface area contributed by atoms with Crippen LogP contribution in [-0.4, -0.2) is 53.1 Å². The van der Waals surface area contributed by atoms with Crippen molar-refractivity contribution in [1.29, 1.82) is 0 Å². The van der Waals surface area contributed by atoms with Crippen LogP contribution in [0.4, 0.5) is 16.2 Å². The first-order valence-electron chi connectivity index (χ1n) is 9.62. The lowest BCUT2D eigenvalue weighted by Crippen LogP contribution is -2.57. The smallest absolute Gasteiger partial charge is 0.225 e. The molecule has 0 spiro atoms. The molecule has 148 valence electrons. The summed E-state index contributed by atoms with van der Waals surface area (Å²) in [5, 5.41) is 4.28. The van der Waals surface area contributed by atoms with E-state index in [0.29, 0.717) is 18.5 Å². The molecule has 1 N–H and O–H groups in total. The van der Waals surface area contributed by atoms with Gasteiger partial charge in [0.15, 0.2) is 0 Å². The van der Waals surface area contributed by atoms with E-state index in [9.17, 15) is 4.39 Å². The van der Waals surface area contributed by atoms with E-state index in [4.69, 9.17) is 4.98 Å². The van der Waals surface area contributed by atoms with Gasteiger partial charge in [0.2, 0.25) is 11.9 Å². The summed E-state index contributed by atoms with van der Waals surface area (Å²) >= 11 is 0. The van der Waals surface area contributed by atoms with Crippen LogP contribution in [0.2, 0.25) is 0 Å². The van der Waals surface area contributed by atoms with Crippen molar-refractivity contribution in [3.8, 4) is 0 Å². The molecule has 0 aliphatic carbocycles. The SMILES string of the molecule is CC.CN(C)C1CN(c2nc(NCc3ccc(F)nc3)nc3ccccc23)C1. The molecule has 1 aliphatic heterocycles. The zero-order chi connectivity index (χ0) is 20.1. The third-order valence-electron chi connectivity index (χ3n) is 4.71. The number of para-hydroxylation sites is 1. The van der Waals surface area contributed by atoms with Crippen molar-refractivity contribution in [1.82, 2.24) is 19.9 Å². The molecule has 1 fully saturated rings. The van der Waals surface area contributed by atoms with Crippen molar-refractivity contribution >= 4 is 22.7 Å². The van der Waals surface area contributed by atoms with Crippen molar-refractivity contribution in [2.45, 2.75) is 26.4 Å². The first-order valence-corrected chi connectivity index (χ1v) is 9.62. The zero-order valence-electron chi connectivity index (χ0n) is 16.9. The molecule has 7 heteroatoms. The summed E-state index contributed by atoms with van der Waals surface area (Å²) in [5.41, 5.74) is 1.78. The molecule has 1 saturated heterocycles. The van der Waals surface area contributed by atoms with E-state index in [-0.39, 0.29) is 0 Å². The first-order chi connectivity index (χ1) is 13.6. The fourth-order valence-electron chi connectivity index (χ4n) is 3.03. The molecule has 3 heterocycles. The number of benzene rings is 1. The molecular formula is C21H27FN6. The molecule has 1 aliphatic rings. The Labute approximate surface area is 165 Å². The Balaban J connectivity index is 0.00000109. The van der Waals surface area contributed by atoms with Gasteiger partial charge in [-0.1, -0.05) is 32.0 Å². The van der Waals surface area contributed by atoms with Gasteiger partial charge in [0, 0.05) is 37.3 Å². The number of nitrogens with zero attached hydrogens (tertiary/aromatic N) is 5. The minimum atomic E-state index is -0.480. The van der Waals surface area contributed by atoms with E-state index in [1.807, 2.05) is 32.0 Å². The molecule has 0 bridgehead atoms. The van der Waals surface area contributed by atoms with E-state index in [0.717, 1.165) is 35.4 Å². The number of pyridine rings is 1. The third-order valence-corrected chi connectivity index (χ3v) is 4.71. The number of nitrogens with one attached hydrogen (secondary N) is 1. The normalized spacial score (nSPS) is 13.9. The van der Waals surface area contributed by atoms with E-state index in [1.54, 1.807) is 6.07 Å². The molecule has 0 atom stereocenters. The van der Waals surface area contributed by atoms with Gasteiger partial charge in [0.1, 0.15) is 5.82 Å². The van der Waals surface area contributed by atoms with Crippen LogP contribution in [0.15, 0.2) is 42.6 Å². The zero-order valence-corrected chi connectivity index (χ0v) is 16.9. The molecule has 2 aromatic heterocycles. The number of hydrogen-bond acceptors (Lipinski definition) is 6. The van der Waals surface area contributed by atoms with E-state index < -0.39 is 5.95 Å². The maximum absolute atomic E-state index is 12.9. The molecule has 3 aromatic rings.